The lowest BCUT2D eigenvalue weighted by Crippen LogP contribution is -2.36. The number of halogens is 2. The van der Waals surface area contributed by atoms with Crippen LogP contribution in [0.4, 0.5) is 11.4 Å². The number of hydrogen-bond acceptors (Lipinski definition) is 5. The zero-order chi connectivity index (χ0) is 21.1. The van der Waals surface area contributed by atoms with E-state index >= 15 is 0 Å². The van der Waals surface area contributed by atoms with Gasteiger partial charge < -0.3 is 0 Å². The molecule has 0 fully saturated rings. The average molecular weight is 491 g/mol. The summed E-state index contributed by atoms with van der Waals surface area (Å²) in [6, 6.07) is 7.67. The predicted octanol–water partition coefficient (Wildman–Crippen LogP) is 4.29. The summed E-state index contributed by atoms with van der Waals surface area (Å²) in [7, 11) is -4.06. The maximum atomic E-state index is 12.7. The Hall–Kier alpha value is -2.01. The van der Waals surface area contributed by atoms with Crippen molar-refractivity contribution in [1.82, 2.24) is 4.72 Å². The third-order valence-corrected chi connectivity index (χ3v) is 6.27. The van der Waals surface area contributed by atoms with Gasteiger partial charge in [-0.3, -0.25) is 19.6 Å². The van der Waals surface area contributed by atoms with Gasteiger partial charge in [0.15, 0.2) is 5.78 Å². The van der Waals surface area contributed by atoms with Crippen molar-refractivity contribution in [2.75, 3.05) is 4.72 Å². The third-order valence-electron chi connectivity index (χ3n) is 3.85. The Labute approximate surface area is 175 Å². The van der Waals surface area contributed by atoms with Crippen molar-refractivity contribution in [3.05, 3.63) is 67.1 Å². The molecule has 0 aromatic heterocycles. The van der Waals surface area contributed by atoms with Crippen LogP contribution in [0.15, 0.2) is 40.9 Å². The number of hydrogen-bond donors (Lipinski definition) is 2. The van der Waals surface area contributed by atoms with Gasteiger partial charge in [-0.05, 0) is 59.6 Å². The molecule has 2 aromatic carbocycles. The maximum absolute atomic E-state index is 12.7. The van der Waals surface area contributed by atoms with Crippen LogP contribution >= 0.6 is 27.5 Å². The normalized spacial score (nSPS) is 12.4. The standard InChI is InChI=1S/C17H17BrClN3O5S/c1-3-10(2)20-28(26,27)21-15-9-12(5-7-16(15)22(24)25)17(23)11-4-6-14(19)13(18)8-11/h4-10,20-21H,3H2,1-2H3. The first-order valence-electron chi connectivity index (χ1n) is 8.12. The molecule has 2 rings (SSSR count). The minimum atomic E-state index is -4.06. The van der Waals surface area contributed by atoms with E-state index in [1.807, 2.05) is 0 Å². The van der Waals surface area contributed by atoms with E-state index in [1.165, 1.54) is 24.3 Å². The topological polar surface area (TPSA) is 118 Å². The lowest BCUT2D eigenvalue weighted by atomic mass is 10.0. The van der Waals surface area contributed by atoms with Crippen molar-refractivity contribution in [3.63, 3.8) is 0 Å². The van der Waals surface area contributed by atoms with Crippen molar-refractivity contribution in [2.45, 2.75) is 26.3 Å². The molecule has 0 radical (unpaired) electrons. The highest BCUT2D eigenvalue weighted by atomic mass is 79.9. The van der Waals surface area contributed by atoms with Crippen molar-refractivity contribution in [1.29, 1.82) is 0 Å². The highest BCUT2D eigenvalue weighted by molar-refractivity contribution is 9.10. The molecule has 0 saturated heterocycles. The van der Waals surface area contributed by atoms with Crippen LogP contribution in [0.5, 0.6) is 0 Å². The van der Waals surface area contributed by atoms with Crippen molar-refractivity contribution in [3.8, 4) is 0 Å². The summed E-state index contributed by atoms with van der Waals surface area (Å²) in [5.74, 6) is -0.442. The van der Waals surface area contributed by atoms with Gasteiger partial charge in [-0.2, -0.15) is 13.1 Å². The fourth-order valence-electron chi connectivity index (χ4n) is 2.24. The van der Waals surface area contributed by atoms with Gasteiger partial charge in [0.25, 0.3) is 15.9 Å². The molecule has 2 aromatic rings. The number of carbonyl (C=O) groups is 1. The van der Waals surface area contributed by atoms with Crippen LogP contribution < -0.4 is 9.44 Å². The minimum Gasteiger partial charge on any atom is -0.289 e. The summed E-state index contributed by atoms with van der Waals surface area (Å²) in [6.45, 7) is 3.45. The largest absolute Gasteiger partial charge is 0.299 e. The molecule has 8 nitrogen and oxygen atoms in total. The number of ketones is 1. The molecule has 0 aliphatic rings. The Morgan fingerprint density at radius 2 is 1.86 bits per heavy atom. The zero-order valence-electron chi connectivity index (χ0n) is 14.9. The summed E-state index contributed by atoms with van der Waals surface area (Å²) in [4.78, 5) is 23.2. The van der Waals surface area contributed by atoms with E-state index in [1.54, 1.807) is 13.8 Å². The Morgan fingerprint density at radius 1 is 1.25 bits per heavy atom. The molecule has 0 spiro atoms. The number of nitro benzene ring substituents is 1. The monoisotopic (exact) mass is 489 g/mol. The number of nitrogens with one attached hydrogen (secondary N) is 2. The van der Waals surface area contributed by atoms with Gasteiger partial charge in [0.1, 0.15) is 5.69 Å². The van der Waals surface area contributed by atoms with Crippen LogP contribution in [0.3, 0.4) is 0 Å². The molecule has 0 aliphatic heterocycles. The third kappa shape index (κ3) is 5.51. The quantitative estimate of drug-likeness (QED) is 0.325. The van der Waals surface area contributed by atoms with Crippen molar-refractivity contribution < 1.29 is 18.1 Å². The molecule has 150 valence electrons. The minimum absolute atomic E-state index is 0.0843. The number of nitro groups is 1. The van der Waals surface area contributed by atoms with E-state index in [0.29, 0.717) is 15.9 Å². The predicted molar refractivity (Wildman–Crippen MR) is 111 cm³/mol. The molecule has 0 heterocycles. The van der Waals surface area contributed by atoms with Gasteiger partial charge in [0.2, 0.25) is 0 Å². The van der Waals surface area contributed by atoms with E-state index in [4.69, 9.17) is 11.6 Å². The van der Waals surface area contributed by atoms with Crippen LogP contribution in [0.25, 0.3) is 0 Å². The molecule has 0 aliphatic carbocycles. The molecule has 0 bridgehead atoms. The van der Waals surface area contributed by atoms with Gasteiger partial charge in [0.05, 0.1) is 9.95 Å². The van der Waals surface area contributed by atoms with Crippen molar-refractivity contribution in [2.24, 2.45) is 0 Å². The van der Waals surface area contributed by atoms with E-state index in [0.717, 1.165) is 12.1 Å². The van der Waals surface area contributed by atoms with Crippen LogP contribution in [0.2, 0.25) is 5.02 Å². The second-order valence-electron chi connectivity index (χ2n) is 5.98. The zero-order valence-corrected chi connectivity index (χ0v) is 18.1. The van der Waals surface area contributed by atoms with E-state index in [2.05, 4.69) is 25.4 Å². The van der Waals surface area contributed by atoms with Crippen LogP contribution in [0.1, 0.15) is 36.2 Å². The van der Waals surface area contributed by atoms with Gasteiger partial charge in [-0.1, -0.05) is 18.5 Å². The Bertz CT molecular complexity index is 1030. The van der Waals surface area contributed by atoms with Gasteiger partial charge in [0, 0.05) is 27.7 Å². The average Bonchev–Trinajstić information content (AvgIpc) is 2.62. The molecule has 28 heavy (non-hydrogen) atoms. The smallest absolute Gasteiger partial charge is 0.289 e. The molecule has 11 heteroatoms. The van der Waals surface area contributed by atoms with Gasteiger partial charge >= 0.3 is 0 Å². The first-order valence-corrected chi connectivity index (χ1v) is 10.8. The number of nitrogens with zero attached hydrogens (tertiary/aromatic N) is 1. The SMILES string of the molecule is CCC(C)NS(=O)(=O)Nc1cc(C(=O)c2ccc(Cl)c(Br)c2)ccc1[N+](=O)[O-]. The van der Waals surface area contributed by atoms with Crippen LogP contribution in [-0.4, -0.2) is 25.2 Å². The first-order chi connectivity index (χ1) is 13.0. The Balaban J connectivity index is 2.43. The fourth-order valence-corrected chi connectivity index (χ4v) is 3.95. The molecular weight excluding hydrogens is 474 g/mol. The Kier molecular flexibility index (Phi) is 7.16. The van der Waals surface area contributed by atoms with E-state index in [9.17, 15) is 23.3 Å². The summed E-state index contributed by atoms with van der Waals surface area (Å²) >= 11 is 9.15. The molecule has 0 saturated carbocycles. The second-order valence-corrected chi connectivity index (χ2v) is 8.69. The first kappa shape index (κ1) is 22.3. The molecule has 1 atom stereocenters. The lowest BCUT2D eigenvalue weighted by molar-refractivity contribution is -0.383. The maximum Gasteiger partial charge on any atom is 0.299 e. The van der Waals surface area contributed by atoms with Crippen LogP contribution in [-0.2, 0) is 10.2 Å². The summed E-state index contributed by atoms with van der Waals surface area (Å²) in [5, 5.41) is 11.7. The van der Waals surface area contributed by atoms with Crippen molar-refractivity contribution >= 4 is 54.9 Å². The fraction of sp³-hybridized carbons (Fsp3) is 0.235. The lowest BCUT2D eigenvalue weighted by Gasteiger charge is -2.14. The molecule has 1 unspecified atom stereocenters. The molecular formula is C17H17BrClN3O5S. The number of carbonyl (C=O) groups excluding carboxylic acids is 1. The highest BCUT2D eigenvalue weighted by Gasteiger charge is 2.22. The summed E-state index contributed by atoms with van der Waals surface area (Å²) in [5.41, 5.74) is -0.402. The van der Waals surface area contributed by atoms with Gasteiger partial charge in [-0.15, -0.1) is 0 Å². The second kappa shape index (κ2) is 8.99. The van der Waals surface area contributed by atoms with E-state index in [-0.39, 0.29) is 22.9 Å². The molecule has 2 N–H and O–H groups in total. The Morgan fingerprint density at radius 3 is 2.43 bits per heavy atom. The van der Waals surface area contributed by atoms with Crippen LogP contribution in [0, 0.1) is 10.1 Å². The number of anilines is 1. The summed E-state index contributed by atoms with van der Waals surface area (Å²) in [6.07, 6.45) is 0.535. The van der Waals surface area contributed by atoms with E-state index < -0.39 is 26.6 Å². The number of benzene rings is 2. The van der Waals surface area contributed by atoms with Gasteiger partial charge in [-0.25, -0.2) is 0 Å². The highest BCUT2D eigenvalue weighted by Crippen LogP contribution is 2.29. The summed E-state index contributed by atoms with van der Waals surface area (Å²) < 4.78 is 29.5. The molecule has 0 amide bonds. The number of rotatable bonds is 8.